The molecule has 0 unspecified atom stereocenters. The van der Waals surface area contributed by atoms with Crippen LogP contribution in [0.1, 0.15) is 5.56 Å². The summed E-state index contributed by atoms with van der Waals surface area (Å²) in [5, 5.41) is 0. The third-order valence-corrected chi connectivity index (χ3v) is 1.39. The van der Waals surface area contributed by atoms with Crippen LogP contribution in [-0.4, -0.2) is 7.85 Å². The SMILES string of the molecule is BCc1ccc(F)c(F)c1. The Morgan fingerprint density at radius 3 is 2.40 bits per heavy atom. The van der Waals surface area contributed by atoms with Crippen molar-refractivity contribution in [3.05, 3.63) is 35.4 Å². The van der Waals surface area contributed by atoms with Gasteiger partial charge in [-0.3, -0.25) is 0 Å². The standard InChI is InChI=1S/C7H7BF2/c8-4-5-1-2-6(9)7(10)3-5/h1-3H,4,8H2. The molecule has 1 aromatic rings. The smallest absolute Gasteiger partial charge is 0.159 e. The molecule has 0 radical (unpaired) electrons. The molecule has 0 bridgehead atoms. The predicted octanol–water partition coefficient (Wildman–Crippen LogP) is 1.10. The molecule has 0 spiro atoms. The number of hydrogen-bond acceptors (Lipinski definition) is 0. The van der Waals surface area contributed by atoms with E-state index in [-0.39, 0.29) is 0 Å². The first-order valence-electron chi connectivity index (χ1n) is 3.18. The molecule has 0 amide bonds. The number of benzene rings is 1. The summed E-state index contributed by atoms with van der Waals surface area (Å²) < 4.78 is 24.7. The second-order valence-corrected chi connectivity index (χ2v) is 2.10. The highest BCUT2D eigenvalue weighted by atomic mass is 19.2. The molecule has 0 heterocycles. The molecule has 10 heavy (non-hydrogen) atoms. The zero-order valence-corrected chi connectivity index (χ0v) is 5.70. The summed E-state index contributed by atoms with van der Waals surface area (Å²) in [6.07, 6.45) is 0.733. The van der Waals surface area contributed by atoms with Gasteiger partial charge in [0.05, 0.1) is 0 Å². The van der Waals surface area contributed by atoms with Gasteiger partial charge < -0.3 is 0 Å². The van der Waals surface area contributed by atoms with E-state index in [0.717, 1.165) is 17.9 Å². The quantitative estimate of drug-likeness (QED) is 0.512. The van der Waals surface area contributed by atoms with Crippen molar-refractivity contribution in [2.24, 2.45) is 0 Å². The Morgan fingerprint density at radius 1 is 1.20 bits per heavy atom. The molecule has 3 heteroatoms. The highest BCUT2D eigenvalue weighted by Crippen LogP contribution is 2.07. The van der Waals surface area contributed by atoms with E-state index in [0.29, 0.717) is 0 Å². The Hall–Kier alpha value is -0.855. The molecular formula is C7H7BF2. The van der Waals surface area contributed by atoms with Crippen LogP contribution >= 0.6 is 0 Å². The molecule has 0 aromatic heterocycles. The molecule has 0 fully saturated rings. The van der Waals surface area contributed by atoms with Crippen LogP contribution in [0.5, 0.6) is 0 Å². The van der Waals surface area contributed by atoms with Gasteiger partial charge in [-0.25, -0.2) is 8.78 Å². The molecule has 0 aliphatic heterocycles. The van der Waals surface area contributed by atoms with Crippen LogP contribution in [0, 0.1) is 11.6 Å². The Labute approximate surface area is 59.3 Å². The lowest BCUT2D eigenvalue weighted by Gasteiger charge is -1.95. The Morgan fingerprint density at radius 2 is 1.90 bits per heavy atom. The fourth-order valence-corrected chi connectivity index (χ4v) is 0.760. The van der Waals surface area contributed by atoms with E-state index in [1.807, 2.05) is 7.85 Å². The van der Waals surface area contributed by atoms with Crippen molar-refractivity contribution in [2.45, 2.75) is 6.32 Å². The van der Waals surface area contributed by atoms with Gasteiger partial charge >= 0.3 is 0 Å². The van der Waals surface area contributed by atoms with Gasteiger partial charge in [-0.2, -0.15) is 0 Å². The molecule has 0 N–H and O–H groups in total. The van der Waals surface area contributed by atoms with E-state index in [1.54, 1.807) is 6.07 Å². The minimum absolute atomic E-state index is 0.733. The minimum atomic E-state index is -0.780. The maximum atomic E-state index is 12.4. The minimum Gasteiger partial charge on any atom is -0.204 e. The topological polar surface area (TPSA) is 0 Å². The maximum Gasteiger partial charge on any atom is 0.159 e. The van der Waals surface area contributed by atoms with Gasteiger partial charge in [0.25, 0.3) is 0 Å². The summed E-state index contributed by atoms with van der Waals surface area (Å²) in [6.45, 7) is 0. The first-order valence-corrected chi connectivity index (χ1v) is 3.18. The molecule has 0 nitrogen and oxygen atoms in total. The molecule has 0 aliphatic carbocycles. The molecule has 0 saturated heterocycles. The molecule has 0 aliphatic rings. The van der Waals surface area contributed by atoms with Gasteiger partial charge in [-0.05, 0) is 12.1 Å². The molecule has 0 saturated carbocycles. The Kier molecular flexibility index (Phi) is 2.04. The zero-order valence-electron chi connectivity index (χ0n) is 5.70. The van der Waals surface area contributed by atoms with Crippen molar-refractivity contribution in [2.75, 3.05) is 0 Å². The van der Waals surface area contributed by atoms with E-state index < -0.39 is 11.6 Å². The first-order chi connectivity index (χ1) is 4.74. The van der Waals surface area contributed by atoms with Gasteiger partial charge in [0.1, 0.15) is 7.85 Å². The molecule has 0 atom stereocenters. The van der Waals surface area contributed by atoms with Gasteiger partial charge in [0.15, 0.2) is 11.6 Å². The predicted molar refractivity (Wildman–Crippen MR) is 38.6 cm³/mol. The Balaban J connectivity index is 3.04. The lowest BCUT2D eigenvalue weighted by atomic mass is 9.97. The summed E-state index contributed by atoms with van der Waals surface area (Å²) in [7, 11) is 1.90. The summed E-state index contributed by atoms with van der Waals surface area (Å²) >= 11 is 0. The van der Waals surface area contributed by atoms with Gasteiger partial charge in [0, 0.05) is 0 Å². The molecule has 1 rings (SSSR count). The van der Waals surface area contributed by atoms with Crippen molar-refractivity contribution in [3.8, 4) is 0 Å². The average molecular weight is 140 g/mol. The normalized spacial score (nSPS) is 9.80. The van der Waals surface area contributed by atoms with Crippen molar-refractivity contribution in [1.82, 2.24) is 0 Å². The van der Waals surface area contributed by atoms with Crippen LogP contribution in [-0.2, 0) is 6.32 Å². The zero-order chi connectivity index (χ0) is 7.56. The lowest BCUT2D eigenvalue weighted by molar-refractivity contribution is 0.507. The van der Waals surface area contributed by atoms with Crippen molar-refractivity contribution in [3.63, 3.8) is 0 Å². The van der Waals surface area contributed by atoms with Crippen LogP contribution in [0.15, 0.2) is 18.2 Å². The largest absolute Gasteiger partial charge is 0.204 e. The highest BCUT2D eigenvalue weighted by Gasteiger charge is 1.99. The summed E-state index contributed by atoms with van der Waals surface area (Å²) in [6, 6.07) is 3.95. The van der Waals surface area contributed by atoms with Gasteiger partial charge in [-0.1, -0.05) is 17.9 Å². The first kappa shape index (κ1) is 7.25. The van der Waals surface area contributed by atoms with Gasteiger partial charge in [0.2, 0.25) is 0 Å². The molecule has 52 valence electrons. The second kappa shape index (κ2) is 2.82. The van der Waals surface area contributed by atoms with Gasteiger partial charge in [-0.15, -0.1) is 0 Å². The van der Waals surface area contributed by atoms with Crippen molar-refractivity contribution < 1.29 is 8.78 Å². The van der Waals surface area contributed by atoms with Crippen molar-refractivity contribution in [1.29, 1.82) is 0 Å². The number of halogens is 2. The Bertz CT molecular complexity index is 235. The van der Waals surface area contributed by atoms with Crippen LogP contribution in [0.2, 0.25) is 0 Å². The van der Waals surface area contributed by atoms with E-state index >= 15 is 0 Å². The van der Waals surface area contributed by atoms with E-state index in [1.165, 1.54) is 6.07 Å². The lowest BCUT2D eigenvalue weighted by Crippen LogP contribution is -1.88. The van der Waals surface area contributed by atoms with Crippen molar-refractivity contribution >= 4 is 7.85 Å². The highest BCUT2D eigenvalue weighted by molar-refractivity contribution is 6.08. The fourth-order valence-electron chi connectivity index (χ4n) is 0.760. The number of hydrogen-bond donors (Lipinski definition) is 0. The monoisotopic (exact) mass is 140 g/mol. The van der Waals surface area contributed by atoms with Crippen LogP contribution in [0.3, 0.4) is 0 Å². The van der Waals surface area contributed by atoms with E-state index in [9.17, 15) is 8.78 Å². The molecule has 1 aromatic carbocycles. The van der Waals surface area contributed by atoms with E-state index in [4.69, 9.17) is 0 Å². The fraction of sp³-hybridized carbons (Fsp3) is 0.143. The van der Waals surface area contributed by atoms with Crippen LogP contribution in [0.25, 0.3) is 0 Å². The summed E-state index contributed by atoms with van der Waals surface area (Å²) in [4.78, 5) is 0. The van der Waals surface area contributed by atoms with Crippen LogP contribution < -0.4 is 0 Å². The summed E-state index contributed by atoms with van der Waals surface area (Å²) in [5.41, 5.74) is 0.818. The third kappa shape index (κ3) is 1.35. The number of rotatable bonds is 1. The second-order valence-electron chi connectivity index (χ2n) is 2.10. The van der Waals surface area contributed by atoms with E-state index in [2.05, 4.69) is 0 Å². The average Bonchev–Trinajstić information content (AvgIpc) is 1.95. The molecular weight excluding hydrogens is 133 g/mol. The maximum absolute atomic E-state index is 12.4. The third-order valence-electron chi connectivity index (χ3n) is 1.39. The van der Waals surface area contributed by atoms with Crippen LogP contribution in [0.4, 0.5) is 8.78 Å². The summed E-state index contributed by atoms with van der Waals surface area (Å²) in [5.74, 6) is -1.54.